The highest BCUT2D eigenvalue weighted by molar-refractivity contribution is 7.89. The molecule has 1 aromatic carbocycles. The Labute approximate surface area is 124 Å². The van der Waals surface area contributed by atoms with Crippen molar-refractivity contribution >= 4 is 27.4 Å². The van der Waals surface area contributed by atoms with Crippen LogP contribution in [0.25, 0.3) is 0 Å². The summed E-state index contributed by atoms with van der Waals surface area (Å²) in [4.78, 5) is 11.2. The normalized spacial score (nSPS) is 11.2. The van der Waals surface area contributed by atoms with Crippen LogP contribution in [0, 0.1) is 6.92 Å². The lowest BCUT2D eigenvalue weighted by Crippen LogP contribution is -2.16. The second kappa shape index (κ2) is 7.28. The Morgan fingerprint density at radius 1 is 1.38 bits per heavy atom. The summed E-state index contributed by atoms with van der Waals surface area (Å²) in [6, 6.07) is 2.96. The number of sulfonamides is 1. The van der Waals surface area contributed by atoms with Gasteiger partial charge in [-0.25, -0.2) is 13.6 Å². The summed E-state index contributed by atoms with van der Waals surface area (Å²) >= 11 is 0. The summed E-state index contributed by atoms with van der Waals surface area (Å²) in [6.45, 7) is 4.25. The first kappa shape index (κ1) is 17.3. The van der Waals surface area contributed by atoms with Gasteiger partial charge in [-0.2, -0.15) is 0 Å². The first-order valence-electron chi connectivity index (χ1n) is 6.58. The molecule has 0 spiro atoms. The molecule has 0 radical (unpaired) electrons. The van der Waals surface area contributed by atoms with E-state index in [1.807, 2.05) is 0 Å². The number of nitrogen functional groups attached to an aromatic ring is 1. The lowest BCUT2D eigenvalue weighted by Gasteiger charge is -2.13. The van der Waals surface area contributed by atoms with Gasteiger partial charge in [0.2, 0.25) is 10.0 Å². The first-order valence-corrected chi connectivity index (χ1v) is 8.12. The number of rotatable bonds is 7. The van der Waals surface area contributed by atoms with E-state index in [1.54, 1.807) is 19.9 Å². The third-order valence-electron chi connectivity index (χ3n) is 2.87. The van der Waals surface area contributed by atoms with Crippen LogP contribution >= 0.6 is 0 Å². The molecule has 0 heterocycles. The molecule has 0 saturated carbocycles. The number of ether oxygens (including phenoxy) is 1. The second-order valence-corrected chi connectivity index (χ2v) is 6.10. The summed E-state index contributed by atoms with van der Waals surface area (Å²) in [6.07, 6.45) is 0.863. The van der Waals surface area contributed by atoms with Gasteiger partial charge in [0.15, 0.2) is 0 Å². The van der Waals surface area contributed by atoms with Gasteiger partial charge in [-0.05, 0) is 38.0 Å². The molecule has 0 bridgehead atoms. The van der Waals surface area contributed by atoms with Gasteiger partial charge < -0.3 is 15.8 Å². The summed E-state index contributed by atoms with van der Waals surface area (Å²) < 4.78 is 27.8. The SMILES string of the molecule is CCOC(=O)CCCNc1cc(N)cc(S(N)(=O)=O)c1C. The third kappa shape index (κ3) is 5.24. The molecule has 0 aliphatic rings. The standard InChI is InChI=1S/C13H21N3O4S/c1-3-20-13(17)5-4-6-16-11-7-10(14)8-12(9(11)2)21(15,18)19/h7-8,16H,3-6,14H2,1-2H3,(H2,15,18,19). The van der Waals surface area contributed by atoms with Crippen LogP contribution in [0.5, 0.6) is 0 Å². The zero-order valence-corrected chi connectivity index (χ0v) is 13.0. The van der Waals surface area contributed by atoms with E-state index in [-0.39, 0.29) is 10.9 Å². The van der Waals surface area contributed by atoms with Crippen molar-refractivity contribution in [3.8, 4) is 0 Å². The van der Waals surface area contributed by atoms with E-state index < -0.39 is 10.0 Å². The Morgan fingerprint density at radius 3 is 2.62 bits per heavy atom. The molecule has 0 fully saturated rings. The van der Waals surface area contributed by atoms with Crippen LogP contribution in [0.4, 0.5) is 11.4 Å². The van der Waals surface area contributed by atoms with Crippen molar-refractivity contribution in [1.82, 2.24) is 0 Å². The summed E-state index contributed by atoms with van der Waals surface area (Å²) in [7, 11) is -3.82. The van der Waals surface area contributed by atoms with Crippen LogP contribution < -0.4 is 16.2 Å². The second-order valence-electron chi connectivity index (χ2n) is 4.57. The third-order valence-corrected chi connectivity index (χ3v) is 3.90. The van der Waals surface area contributed by atoms with E-state index in [2.05, 4.69) is 5.32 Å². The van der Waals surface area contributed by atoms with Gasteiger partial charge in [0.05, 0.1) is 11.5 Å². The van der Waals surface area contributed by atoms with E-state index in [0.717, 1.165) is 0 Å². The first-order chi connectivity index (χ1) is 9.75. The molecule has 5 N–H and O–H groups in total. The molecule has 0 saturated heterocycles. The van der Waals surface area contributed by atoms with Crippen LogP contribution in [-0.4, -0.2) is 27.5 Å². The topological polar surface area (TPSA) is 125 Å². The fourth-order valence-corrected chi connectivity index (χ4v) is 2.71. The van der Waals surface area contributed by atoms with E-state index >= 15 is 0 Å². The number of anilines is 2. The average Bonchev–Trinajstić information content (AvgIpc) is 2.37. The Bertz CT molecular complexity index is 614. The minimum Gasteiger partial charge on any atom is -0.466 e. The Kier molecular flexibility index (Phi) is 5.98. The molecule has 118 valence electrons. The van der Waals surface area contributed by atoms with Gasteiger partial charge in [0.1, 0.15) is 0 Å². The molecule has 8 heteroatoms. The summed E-state index contributed by atoms with van der Waals surface area (Å²) in [5.41, 5.74) is 7.07. The number of nitrogens with two attached hydrogens (primary N) is 2. The Balaban J connectivity index is 2.72. The quantitative estimate of drug-likeness (QED) is 0.391. The lowest BCUT2D eigenvalue weighted by atomic mass is 10.1. The maximum atomic E-state index is 11.5. The van der Waals surface area contributed by atoms with Crippen molar-refractivity contribution in [1.29, 1.82) is 0 Å². The number of primary sulfonamides is 1. The lowest BCUT2D eigenvalue weighted by molar-refractivity contribution is -0.143. The van der Waals surface area contributed by atoms with Gasteiger partial charge in [-0.15, -0.1) is 0 Å². The zero-order valence-electron chi connectivity index (χ0n) is 12.2. The van der Waals surface area contributed by atoms with Crippen molar-refractivity contribution < 1.29 is 17.9 Å². The van der Waals surface area contributed by atoms with Crippen molar-refractivity contribution in [2.24, 2.45) is 5.14 Å². The van der Waals surface area contributed by atoms with Crippen LogP contribution in [0.15, 0.2) is 17.0 Å². The average molecular weight is 315 g/mol. The minimum absolute atomic E-state index is 0.00427. The highest BCUT2D eigenvalue weighted by Crippen LogP contribution is 2.26. The summed E-state index contributed by atoms with van der Waals surface area (Å²) in [5.74, 6) is -0.256. The molecule has 1 rings (SSSR count). The fourth-order valence-electron chi connectivity index (χ4n) is 1.88. The summed E-state index contributed by atoms with van der Waals surface area (Å²) in [5, 5.41) is 8.21. The maximum Gasteiger partial charge on any atom is 0.305 e. The van der Waals surface area contributed by atoms with E-state index in [1.165, 1.54) is 6.07 Å². The van der Waals surface area contributed by atoms with Crippen LogP contribution in [-0.2, 0) is 19.6 Å². The number of carbonyl (C=O) groups excluding carboxylic acids is 1. The molecule has 21 heavy (non-hydrogen) atoms. The minimum atomic E-state index is -3.82. The van der Waals surface area contributed by atoms with Crippen molar-refractivity contribution in [3.63, 3.8) is 0 Å². The number of hydrogen-bond acceptors (Lipinski definition) is 6. The number of nitrogens with one attached hydrogen (secondary N) is 1. The smallest absolute Gasteiger partial charge is 0.305 e. The molecule has 0 aliphatic heterocycles. The molecular weight excluding hydrogens is 294 g/mol. The van der Waals surface area contributed by atoms with E-state index in [0.29, 0.717) is 42.9 Å². The molecule has 0 unspecified atom stereocenters. The van der Waals surface area contributed by atoms with Gasteiger partial charge >= 0.3 is 5.97 Å². The van der Waals surface area contributed by atoms with Gasteiger partial charge in [0.25, 0.3) is 0 Å². The molecule has 0 aliphatic carbocycles. The van der Waals surface area contributed by atoms with Gasteiger partial charge in [0, 0.05) is 24.3 Å². The van der Waals surface area contributed by atoms with Gasteiger partial charge in [-0.1, -0.05) is 0 Å². The van der Waals surface area contributed by atoms with Crippen LogP contribution in [0.3, 0.4) is 0 Å². The number of hydrogen-bond donors (Lipinski definition) is 3. The van der Waals surface area contributed by atoms with E-state index in [4.69, 9.17) is 15.6 Å². The maximum absolute atomic E-state index is 11.5. The molecule has 7 nitrogen and oxygen atoms in total. The van der Waals surface area contributed by atoms with Crippen molar-refractivity contribution in [2.45, 2.75) is 31.6 Å². The predicted octanol–water partition coefficient (Wildman–Crippen LogP) is 0.980. The van der Waals surface area contributed by atoms with Crippen molar-refractivity contribution in [3.05, 3.63) is 17.7 Å². The van der Waals surface area contributed by atoms with Crippen molar-refractivity contribution in [2.75, 3.05) is 24.2 Å². The van der Waals surface area contributed by atoms with Crippen LogP contribution in [0.2, 0.25) is 0 Å². The molecule has 1 aromatic rings. The Morgan fingerprint density at radius 2 is 2.05 bits per heavy atom. The molecule has 0 atom stereocenters. The largest absolute Gasteiger partial charge is 0.466 e. The number of carbonyl (C=O) groups is 1. The predicted molar refractivity (Wildman–Crippen MR) is 81.3 cm³/mol. The monoisotopic (exact) mass is 315 g/mol. The highest BCUT2D eigenvalue weighted by atomic mass is 32.2. The molecule has 0 amide bonds. The number of benzene rings is 1. The van der Waals surface area contributed by atoms with Crippen LogP contribution in [0.1, 0.15) is 25.3 Å². The van der Waals surface area contributed by atoms with Gasteiger partial charge in [-0.3, -0.25) is 4.79 Å². The highest BCUT2D eigenvalue weighted by Gasteiger charge is 2.15. The molecule has 0 aromatic heterocycles. The fraction of sp³-hybridized carbons (Fsp3) is 0.462. The molecular formula is C13H21N3O4S. The van der Waals surface area contributed by atoms with E-state index in [9.17, 15) is 13.2 Å². The number of esters is 1. The zero-order chi connectivity index (χ0) is 16.0. The Hall–Kier alpha value is -1.80.